The first-order valence-corrected chi connectivity index (χ1v) is 10.2. The molecule has 1 aliphatic rings. The number of nitrogens with zero attached hydrogens (tertiary/aromatic N) is 1. The van der Waals surface area contributed by atoms with Crippen molar-refractivity contribution in [1.29, 1.82) is 0 Å². The standard InChI is InChI=1S/C23H17BrN2O5/c24-17-9-7-16(8-10-17)23(28)30-18-11-5-15(6-12-18)13-25-26-22(27)21-14-29-19-3-1-2-4-20(19)31-21/h1-13,21H,14H2,(H,26,27)/b25-13-/t21-/m0/s1. The van der Waals surface area contributed by atoms with Gasteiger partial charge in [-0.3, -0.25) is 4.79 Å². The third-order valence-electron chi connectivity index (χ3n) is 4.36. The largest absolute Gasteiger partial charge is 0.485 e. The van der Waals surface area contributed by atoms with Crippen molar-refractivity contribution < 1.29 is 23.8 Å². The van der Waals surface area contributed by atoms with Gasteiger partial charge in [0.05, 0.1) is 11.8 Å². The quantitative estimate of drug-likeness (QED) is 0.258. The number of halogens is 1. The lowest BCUT2D eigenvalue weighted by Gasteiger charge is -2.24. The highest BCUT2D eigenvalue weighted by Crippen LogP contribution is 2.30. The van der Waals surface area contributed by atoms with Crippen molar-refractivity contribution in [1.82, 2.24) is 5.43 Å². The summed E-state index contributed by atoms with van der Waals surface area (Å²) in [6, 6.07) is 20.8. The van der Waals surface area contributed by atoms with Gasteiger partial charge in [-0.05, 0) is 66.2 Å². The van der Waals surface area contributed by atoms with E-state index in [1.165, 1.54) is 6.21 Å². The van der Waals surface area contributed by atoms with Gasteiger partial charge >= 0.3 is 5.97 Å². The van der Waals surface area contributed by atoms with Gasteiger partial charge in [0, 0.05) is 4.47 Å². The number of fused-ring (bicyclic) bond motifs is 1. The third kappa shape index (κ3) is 5.29. The van der Waals surface area contributed by atoms with Gasteiger partial charge < -0.3 is 14.2 Å². The van der Waals surface area contributed by atoms with Crippen LogP contribution in [0.15, 0.2) is 82.4 Å². The number of benzene rings is 3. The molecule has 0 aliphatic carbocycles. The summed E-state index contributed by atoms with van der Waals surface area (Å²) >= 11 is 3.32. The van der Waals surface area contributed by atoms with Crippen LogP contribution in [0.5, 0.6) is 17.2 Å². The number of ether oxygens (including phenoxy) is 3. The van der Waals surface area contributed by atoms with Crippen LogP contribution >= 0.6 is 15.9 Å². The Bertz CT molecular complexity index is 1110. The minimum atomic E-state index is -0.785. The first-order chi connectivity index (χ1) is 15.1. The molecule has 0 aromatic heterocycles. The van der Waals surface area contributed by atoms with Crippen molar-refractivity contribution >= 4 is 34.0 Å². The Kier molecular flexibility index (Phi) is 6.28. The zero-order valence-electron chi connectivity index (χ0n) is 16.2. The number of para-hydroxylation sites is 2. The molecule has 0 spiro atoms. The summed E-state index contributed by atoms with van der Waals surface area (Å²) in [5, 5.41) is 3.95. The van der Waals surface area contributed by atoms with Gasteiger partial charge in [-0.2, -0.15) is 5.10 Å². The van der Waals surface area contributed by atoms with E-state index in [0.29, 0.717) is 22.8 Å². The molecule has 1 N–H and O–H groups in total. The van der Waals surface area contributed by atoms with Gasteiger partial charge in [0.15, 0.2) is 11.5 Å². The van der Waals surface area contributed by atoms with Gasteiger partial charge in [0.2, 0.25) is 6.10 Å². The van der Waals surface area contributed by atoms with Crippen LogP contribution < -0.4 is 19.6 Å². The number of esters is 1. The zero-order valence-corrected chi connectivity index (χ0v) is 17.7. The Hall–Kier alpha value is -3.65. The maximum Gasteiger partial charge on any atom is 0.343 e. The van der Waals surface area contributed by atoms with Gasteiger partial charge in [0.1, 0.15) is 12.4 Å². The van der Waals surface area contributed by atoms with Crippen LogP contribution in [0.4, 0.5) is 0 Å². The number of rotatable bonds is 5. The van der Waals surface area contributed by atoms with E-state index in [-0.39, 0.29) is 6.61 Å². The molecular formula is C23H17BrN2O5. The van der Waals surface area contributed by atoms with Crippen molar-refractivity contribution in [2.45, 2.75) is 6.10 Å². The number of carbonyl (C=O) groups is 2. The minimum absolute atomic E-state index is 0.108. The average Bonchev–Trinajstić information content (AvgIpc) is 2.80. The lowest BCUT2D eigenvalue weighted by Crippen LogP contribution is -2.42. The van der Waals surface area contributed by atoms with E-state index in [2.05, 4.69) is 26.5 Å². The van der Waals surface area contributed by atoms with Crippen molar-refractivity contribution in [3.05, 3.63) is 88.4 Å². The summed E-state index contributed by atoms with van der Waals surface area (Å²) in [5.74, 6) is 0.672. The molecule has 0 unspecified atom stereocenters. The number of carbonyl (C=O) groups excluding carboxylic acids is 2. The van der Waals surface area contributed by atoms with E-state index in [1.54, 1.807) is 66.7 Å². The molecule has 1 aliphatic heterocycles. The molecule has 3 aromatic rings. The van der Waals surface area contributed by atoms with Crippen LogP contribution in [0.2, 0.25) is 0 Å². The predicted octanol–water partition coefficient (Wildman–Crippen LogP) is 3.96. The summed E-state index contributed by atoms with van der Waals surface area (Å²) in [5.41, 5.74) is 3.61. The molecule has 4 rings (SSSR count). The van der Waals surface area contributed by atoms with Crippen molar-refractivity contribution in [2.75, 3.05) is 6.61 Å². The average molecular weight is 481 g/mol. The summed E-state index contributed by atoms with van der Waals surface area (Å²) in [7, 11) is 0. The molecule has 1 heterocycles. The molecule has 0 fully saturated rings. The van der Waals surface area contributed by atoms with E-state index in [1.807, 2.05) is 6.07 Å². The van der Waals surface area contributed by atoms with Crippen molar-refractivity contribution in [3.8, 4) is 17.2 Å². The fourth-order valence-electron chi connectivity index (χ4n) is 2.77. The van der Waals surface area contributed by atoms with E-state index in [4.69, 9.17) is 14.2 Å². The highest BCUT2D eigenvalue weighted by atomic mass is 79.9. The first kappa shape index (κ1) is 20.6. The molecule has 0 saturated carbocycles. The molecule has 31 heavy (non-hydrogen) atoms. The Morgan fingerprint density at radius 3 is 2.45 bits per heavy atom. The highest BCUT2D eigenvalue weighted by Gasteiger charge is 2.26. The van der Waals surface area contributed by atoms with E-state index in [0.717, 1.165) is 10.0 Å². The molecule has 1 atom stereocenters. The van der Waals surface area contributed by atoms with Crippen LogP contribution in [-0.2, 0) is 4.79 Å². The Morgan fingerprint density at radius 2 is 1.71 bits per heavy atom. The third-order valence-corrected chi connectivity index (χ3v) is 4.89. The number of hydrogen-bond acceptors (Lipinski definition) is 6. The fraction of sp³-hybridized carbons (Fsp3) is 0.0870. The molecule has 0 radical (unpaired) electrons. The first-order valence-electron chi connectivity index (χ1n) is 9.38. The SMILES string of the molecule is O=C(Oc1ccc(/C=N\NC(=O)[C@@H]2COc3ccccc3O2)cc1)c1ccc(Br)cc1. The summed E-state index contributed by atoms with van der Waals surface area (Å²) in [4.78, 5) is 24.4. The lowest BCUT2D eigenvalue weighted by atomic mass is 10.2. The minimum Gasteiger partial charge on any atom is -0.485 e. The van der Waals surface area contributed by atoms with Gasteiger partial charge in [-0.25, -0.2) is 10.2 Å². The number of hydrazone groups is 1. The molecule has 3 aromatic carbocycles. The number of hydrogen-bond donors (Lipinski definition) is 1. The van der Waals surface area contributed by atoms with Crippen LogP contribution in [0.1, 0.15) is 15.9 Å². The van der Waals surface area contributed by atoms with Gasteiger partial charge in [-0.1, -0.05) is 28.1 Å². The molecule has 0 saturated heterocycles. The van der Waals surface area contributed by atoms with E-state index < -0.39 is 18.0 Å². The highest BCUT2D eigenvalue weighted by molar-refractivity contribution is 9.10. The van der Waals surface area contributed by atoms with Gasteiger partial charge in [-0.15, -0.1) is 0 Å². The van der Waals surface area contributed by atoms with Gasteiger partial charge in [0.25, 0.3) is 5.91 Å². The molecule has 1 amide bonds. The number of nitrogens with one attached hydrogen (secondary N) is 1. The van der Waals surface area contributed by atoms with Crippen LogP contribution in [-0.4, -0.2) is 30.8 Å². The summed E-state index contributed by atoms with van der Waals surface area (Å²) < 4.78 is 17.4. The smallest absolute Gasteiger partial charge is 0.343 e. The van der Waals surface area contributed by atoms with Crippen molar-refractivity contribution in [2.24, 2.45) is 5.10 Å². The maximum absolute atomic E-state index is 12.2. The molecule has 8 heteroatoms. The second-order valence-corrected chi connectivity index (χ2v) is 7.48. The van der Waals surface area contributed by atoms with E-state index >= 15 is 0 Å². The van der Waals surface area contributed by atoms with Crippen LogP contribution in [0.3, 0.4) is 0 Å². The fourth-order valence-corrected chi connectivity index (χ4v) is 3.03. The monoisotopic (exact) mass is 480 g/mol. The summed E-state index contributed by atoms with van der Waals surface area (Å²) in [6.45, 7) is 0.108. The second-order valence-electron chi connectivity index (χ2n) is 6.56. The molecule has 156 valence electrons. The molecular weight excluding hydrogens is 464 g/mol. The van der Waals surface area contributed by atoms with Crippen molar-refractivity contribution in [3.63, 3.8) is 0 Å². The predicted molar refractivity (Wildman–Crippen MR) is 118 cm³/mol. The Labute approximate surface area is 186 Å². The zero-order chi connectivity index (χ0) is 21.6. The topological polar surface area (TPSA) is 86.2 Å². The second kappa shape index (κ2) is 9.44. The van der Waals surface area contributed by atoms with E-state index in [9.17, 15) is 9.59 Å². The molecule has 7 nitrogen and oxygen atoms in total. The maximum atomic E-state index is 12.2. The lowest BCUT2D eigenvalue weighted by molar-refractivity contribution is -0.130. The van der Waals surface area contributed by atoms with Crippen LogP contribution in [0, 0.1) is 0 Å². The Morgan fingerprint density at radius 1 is 1.00 bits per heavy atom. The Balaban J connectivity index is 1.29. The normalized spacial score (nSPS) is 14.8. The summed E-state index contributed by atoms with van der Waals surface area (Å²) in [6.07, 6.45) is 0.697. The number of amides is 1. The van der Waals surface area contributed by atoms with Crippen LogP contribution in [0.25, 0.3) is 0 Å². The molecule has 0 bridgehead atoms.